The predicted molar refractivity (Wildman–Crippen MR) is 69.3 cm³/mol. The molecule has 2 rings (SSSR count). The van der Waals surface area contributed by atoms with Gasteiger partial charge in [-0.1, -0.05) is 12.1 Å². The van der Waals surface area contributed by atoms with Crippen molar-refractivity contribution in [3.63, 3.8) is 0 Å². The third-order valence-corrected chi connectivity index (χ3v) is 2.95. The second kappa shape index (κ2) is 5.10. The van der Waals surface area contributed by atoms with Crippen molar-refractivity contribution >= 4 is 5.97 Å². The minimum Gasteiger partial charge on any atom is -0.478 e. The van der Waals surface area contributed by atoms with Gasteiger partial charge in [0.1, 0.15) is 5.75 Å². The molecule has 2 aromatic rings. The molecular formula is C15H13FO3. The van der Waals surface area contributed by atoms with E-state index in [0.717, 1.165) is 17.2 Å². The van der Waals surface area contributed by atoms with Crippen molar-refractivity contribution in [2.75, 3.05) is 0 Å². The first-order chi connectivity index (χ1) is 8.99. The Labute approximate surface area is 110 Å². The molecule has 3 nitrogen and oxygen atoms in total. The Morgan fingerprint density at radius 2 is 1.89 bits per heavy atom. The normalized spacial score (nSPS) is 10.3. The Morgan fingerprint density at radius 3 is 2.53 bits per heavy atom. The lowest BCUT2D eigenvalue weighted by molar-refractivity contribution is 0.0696. The molecule has 0 amide bonds. The molecule has 0 aliphatic heterocycles. The summed E-state index contributed by atoms with van der Waals surface area (Å²) in [7, 11) is 0. The second-order valence-electron chi connectivity index (χ2n) is 4.25. The van der Waals surface area contributed by atoms with Crippen molar-refractivity contribution in [2.24, 2.45) is 0 Å². The molecule has 0 bridgehead atoms. The van der Waals surface area contributed by atoms with Crippen LogP contribution in [0.3, 0.4) is 0 Å². The summed E-state index contributed by atoms with van der Waals surface area (Å²) in [5, 5.41) is 8.76. The average Bonchev–Trinajstić information content (AvgIpc) is 2.37. The van der Waals surface area contributed by atoms with Crippen LogP contribution in [-0.4, -0.2) is 11.1 Å². The van der Waals surface area contributed by atoms with Crippen molar-refractivity contribution in [1.82, 2.24) is 0 Å². The molecule has 0 radical (unpaired) electrons. The van der Waals surface area contributed by atoms with Crippen molar-refractivity contribution in [2.45, 2.75) is 13.8 Å². The number of rotatable bonds is 3. The van der Waals surface area contributed by atoms with Crippen LogP contribution < -0.4 is 4.74 Å². The molecule has 0 fully saturated rings. The van der Waals surface area contributed by atoms with E-state index in [1.165, 1.54) is 12.1 Å². The first-order valence-corrected chi connectivity index (χ1v) is 5.76. The van der Waals surface area contributed by atoms with Gasteiger partial charge in [-0.15, -0.1) is 0 Å². The van der Waals surface area contributed by atoms with Crippen LogP contribution in [0.15, 0.2) is 36.4 Å². The van der Waals surface area contributed by atoms with Crippen LogP contribution in [0.25, 0.3) is 0 Å². The summed E-state index contributed by atoms with van der Waals surface area (Å²) in [5.41, 5.74) is 1.86. The lowest BCUT2D eigenvalue weighted by atomic mass is 10.1. The fraction of sp³-hybridized carbons (Fsp3) is 0.133. The topological polar surface area (TPSA) is 46.5 Å². The van der Waals surface area contributed by atoms with Gasteiger partial charge in [0.25, 0.3) is 0 Å². The molecule has 1 N–H and O–H groups in total. The van der Waals surface area contributed by atoms with Crippen molar-refractivity contribution in [3.8, 4) is 11.5 Å². The van der Waals surface area contributed by atoms with Crippen molar-refractivity contribution in [1.29, 1.82) is 0 Å². The van der Waals surface area contributed by atoms with Crippen molar-refractivity contribution < 1.29 is 19.0 Å². The Morgan fingerprint density at radius 1 is 1.16 bits per heavy atom. The van der Waals surface area contributed by atoms with Gasteiger partial charge in [-0.25, -0.2) is 9.18 Å². The largest absolute Gasteiger partial charge is 0.478 e. The highest BCUT2D eigenvalue weighted by molar-refractivity contribution is 5.87. The van der Waals surface area contributed by atoms with E-state index >= 15 is 0 Å². The van der Waals surface area contributed by atoms with E-state index < -0.39 is 11.8 Å². The van der Waals surface area contributed by atoms with Crippen LogP contribution in [0.5, 0.6) is 11.5 Å². The molecule has 0 atom stereocenters. The van der Waals surface area contributed by atoms with Gasteiger partial charge in [0.2, 0.25) is 0 Å². The number of ether oxygens (including phenoxy) is 1. The molecular weight excluding hydrogens is 247 g/mol. The monoisotopic (exact) mass is 260 g/mol. The molecule has 0 unspecified atom stereocenters. The number of benzene rings is 2. The van der Waals surface area contributed by atoms with Gasteiger partial charge in [0, 0.05) is 0 Å². The molecule has 0 heterocycles. The van der Waals surface area contributed by atoms with Gasteiger partial charge >= 0.3 is 5.97 Å². The Bertz CT molecular complexity index is 635. The van der Waals surface area contributed by atoms with E-state index in [9.17, 15) is 9.18 Å². The average molecular weight is 260 g/mol. The number of aryl methyl sites for hydroxylation is 1. The van der Waals surface area contributed by atoms with Gasteiger partial charge < -0.3 is 9.84 Å². The van der Waals surface area contributed by atoms with Gasteiger partial charge in [-0.05, 0) is 49.2 Å². The molecule has 98 valence electrons. The first kappa shape index (κ1) is 13.1. The molecule has 0 saturated heterocycles. The Hall–Kier alpha value is -2.36. The highest BCUT2D eigenvalue weighted by Gasteiger charge is 2.11. The number of carbonyl (C=O) groups is 1. The molecule has 2 aromatic carbocycles. The van der Waals surface area contributed by atoms with E-state index in [1.807, 2.05) is 26.0 Å². The van der Waals surface area contributed by atoms with Gasteiger partial charge in [-0.3, -0.25) is 0 Å². The summed E-state index contributed by atoms with van der Waals surface area (Å²) >= 11 is 0. The quantitative estimate of drug-likeness (QED) is 0.909. The molecule has 0 aliphatic rings. The maximum atomic E-state index is 13.7. The fourth-order valence-corrected chi connectivity index (χ4v) is 1.67. The molecule has 0 aromatic heterocycles. The van der Waals surface area contributed by atoms with E-state index in [-0.39, 0.29) is 11.3 Å². The van der Waals surface area contributed by atoms with E-state index in [4.69, 9.17) is 9.84 Å². The molecule has 0 saturated carbocycles. The molecule has 4 heteroatoms. The van der Waals surface area contributed by atoms with Crippen molar-refractivity contribution in [3.05, 3.63) is 58.9 Å². The van der Waals surface area contributed by atoms with Gasteiger partial charge in [-0.2, -0.15) is 0 Å². The van der Waals surface area contributed by atoms with Crippen LogP contribution in [0.2, 0.25) is 0 Å². The smallest absolute Gasteiger partial charge is 0.335 e. The summed E-state index contributed by atoms with van der Waals surface area (Å²) in [6.45, 7) is 3.82. The fourth-order valence-electron chi connectivity index (χ4n) is 1.67. The highest BCUT2D eigenvalue weighted by atomic mass is 19.1. The number of carboxylic acid groups (broad SMARTS) is 1. The Kier molecular flexibility index (Phi) is 3.51. The van der Waals surface area contributed by atoms with Crippen LogP contribution in [0.1, 0.15) is 21.5 Å². The summed E-state index contributed by atoms with van der Waals surface area (Å²) in [6.07, 6.45) is 0. The maximum absolute atomic E-state index is 13.7. The summed E-state index contributed by atoms with van der Waals surface area (Å²) in [6, 6.07) is 9.08. The lowest BCUT2D eigenvalue weighted by Crippen LogP contribution is -1.98. The summed E-state index contributed by atoms with van der Waals surface area (Å²) < 4.78 is 19.2. The van der Waals surface area contributed by atoms with Crippen LogP contribution >= 0.6 is 0 Å². The number of aromatic carboxylic acids is 1. The summed E-state index contributed by atoms with van der Waals surface area (Å²) in [5.74, 6) is -1.29. The molecule has 19 heavy (non-hydrogen) atoms. The zero-order chi connectivity index (χ0) is 14.0. The van der Waals surface area contributed by atoms with Crippen LogP contribution in [-0.2, 0) is 0 Å². The number of hydrogen-bond donors (Lipinski definition) is 1. The van der Waals surface area contributed by atoms with E-state index in [2.05, 4.69) is 0 Å². The standard InChI is InChI=1S/C15H13FO3/c1-9-4-3-5-13(10(9)2)19-14-7-6-11(15(17)18)8-12(14)16/h3-8H,1-2H3,(H,17,18). The van der Waals surface area contributed by atoms with Crippen LogP contribution in [0, 0.1) is 19.7 Å². The van der Waals surface area contributed by atoms with E-state index in [0.29, 0.717) is 5.75 Å². The lowest BCUT2D eigenvalue weighted by Gasteiger charge is -2.11. The third-order valence-electron chi connectivity index (χ3n) is 2.95. The maximum Gasteiger partial charge on any atom is 0.335 e. The first-order valence-electron chi connectivity index (χ1n) is 5.76. The molecule has 0 aliphatic carbocycles. The van der Waals surface area contributed by atoms with Crippen LogP contribution in [0.4, 0.5) is 4.39 Å². The zero-order valence-electron chi connectivity index (χ0n) is 10.6. The number of halogens is 1. The minimum absolute atomic E-state index is 0.0127. The summed E-state index contributed by atoms with van der Waals surface area (Å²) in [4.78, 5) is 10.7. The number of carboxylic acids is 1. The van der Waals surface area contributed by atoms with Gasteiger partial charge in [0.05, 0.1) is 5.56 Å². The number of hydrogen-bond acceptors (Lipinski definition) is 2. The molecule has 0 spiro atoms. The Balaban J connectivity index is 2.34. The SMILES string of the molecule is Cc1cccc(Oc2ccc(C(=O)O)cc2F)c1C. The predicted octanol–water partition coefficient (Wildman–Crippen LogP) is 3.93. The zero-order valence-corrected chi connectivity index (χ0v) is 10.6. The van der Waals surface area contributed by atoms with Gasteiger partial charge in [0.15, 0.2) is 11.6 Å². The highest BCUT2D eigenvalue weighted by Crippen LogP contribution is 2.29. The second-order valence-corrected chi connectivity index (χ2v) is 4.25. The third kappa shape index (κ3) is 2.73. The minimum atomic E-state index is -1.17. The van der Waals surface area contributed by atoms with E-state index in [1.54, 1.807) is 6.07 Å².